The van der Waals surface area contributed by atoms with Gasteiger partial charge in [-0.1, -0.05) is 29.8 Å². The highest BCUT2D eigenvalue weighted by atomic mass is 32.2. The number of halogens is 3. The fraction of sp³-hybridized carbons (Fsp3) is 0.600. The van der Waals surface area contributed by atoms with E-state index in [0.717, 1.165) is 44.0 Å². The van der Waals surface area contributed by atoms with Crippen molar-refractivity contribution in [3.8, 4) is 0 Å². The third kappa shape index (κ3) is 3.13. The van der Waals surface area contributed by atoms with Crippen LogP contribution in [0.15, 0.2) is 24.3 Å². The fourth-order valence-electron chi connectivity index (χ4n) is 2.92. The summed E-state index contributed by atoms with van der Waals surface area (Å²) in [6.45, 7) is 4.91. The number of ether oxygens (including phenoxy) is 1. The molecule has 1 aromatic carbocycles. The molecule has 0 bridgehead atoms. The van der Waals surface area contributed by atoms with Gasteiger partial charge in [0.2, 0.25) is 0 Å². The molecule has 2 saturated heterocycles. The highest BCUT2D eigenvalue weighted by Gasteiger charge is 2.51. The molecule has 3 nitrogen and oxygen atoms in total. The Morgan fingerprint density at radius 3 is 2.27 bits per heavy atom. The third-order valence-electron chi connectivity index (χ3n) is 4.15. The number of rotatable bonds is 4. The van der Waals surface area contributed by atoms with Gasteiger partial charge in [0.25, 0.3) is 0 Å². The molecular weight excluding hydrogens is 313 g/mol. The second-order valence-electron chi connectivity index (χ2n) is 6.27. The van der Waals surface area contributed by atoms with E-state index in [-0.39, 0.29) is 11.0 Å². The van der Waals surface area contributed by atoms with Gasteiger partial charge in [0.05, 0.1) is 13.2 Å². The fourth-order valence-corrected chi connectivity index (χ4v) is 4.28. The van der Waals surface area contributed by atoms with Gasteiger partial charge < -0.3 is 4.74 Å². The van der Waals surface area contributed by atoms with Gasteiger partial charge in [-0.15, -0.1) is 0 Å². The van der Waals surface area contributed by atoms with Crippen LogP contribution in [-0.2, 0) is 4.74 Å². The molecule has 0 N–H and O–H groups in total. The summed E-state index contributed by atoms with van der Waals surface area (Å²) in [6.07, 6.45) is -4.31. The molecule has 7 heteroatoms. The number of alkyl halides is 3. The minimum atomic E-state index is -4.31. The van der Waals surface area contributed by atoms with Crippen LogP contribution in [0.5, 0.6) is 0 Å². The molecule has 0 aromatic heterocycles. The molecule has 122 valence electrons. The van der Waals surface area contributed by atoms with Gasteiger partial charge in [-0.25, -0.2) is 8.61 Å². The second-order valence-corrected chi connectivity index (χ2v) is 7.53. The van der Waals surface area contributed by atoms with E-state index in [1.165, 1.54) is 11.4 Å². The molecule has 1 atom stereocenters. The van der Waals surface area contributed by atoms with Gasteiger partial charge in [-0.05, 0) is 19.5 Å². The van der Waals surface area contributed by atoms with E-state index in [1.54, 1.807) is 24.3 Å². The Kier molecular flexibility index (Phi) is 4.18. The van der Waals surface area contributed by atoms with Crippen molar-refractivity contribution in [3.63, 3.8) is 0 Å². The van der Waals surface area contributed by atoms with E-state index in [0.29, 0.717) is 0 Å². The maximum Gasteiger partial charge on any atom is 0.408 e. The van der Waals surface area contributed by atoms with Gasteiger partial charge in [0, 0.05) is 30.6 Å². The Morgan fingerprint density at radius 1 is 1.23 bits per heavy atom. The van der Waals surface area contributed by atoms with Gasteiger partial charge in [0.1, 0.15) is 6.04 Å². The molecule has 1 aromatic rings. The number of hydrogen-bond acceptors (Lipinski definition) is 4. The summed E-state index contributed by atoms with van der Waals surface area (Å²) in [5.74, 6) is 0. The first-order valence-electron chi connectivity index (χ1n) is 7.16. The quantitative estimate of drug-likeness (QED) is 0.785. The molecule has 0 amide bonds. The number of aryl methyl sites for hydroxylation is 1. The van der Waals surface area contributed by atoms with Crippen molar-refractivity contribution in [2.24, 2.45) is 5.41 Å². The normalized spacial score (nSPS) is 22.5. The molecule has 1 unspecified atom stereocenters. The minimum absolute atomic E-state index is 0.200. The lowest BCUT2D eigenvalue weighted by atomic mass is 9.80. The van der Waals surface area contributed by atoms with Crippen molar-refractivity contribution in [1.82, 2.24) is 8.61 Å². The van der Waals surface area contributed by atoms with Gasteiger partial charge in [-0.2, -0.15) is 13.2 Å². The molecule has 2 heterocycles. The largest absolute Gasteiger partial charge is 0.408 e. The summed E-state index contributed by atoms with van der Waals surface area (Å²) in [5.41, 5.74) is 1.43. The van der Waals surface area contributed by atoms with E-state index >= 15 is 0 Å². The number of benzene rings is 1. The Balaban J connectivity index is 1.68. The van der Waals surface area contributed by atoms with Crippen LogP contribution in [0.25, 0.3) is 0 Å². The maximum absolute atomic E-state index is 13.5. The van der Waals surface area contributed by atoms with Crippen LogP contribution in [-0.4, -0.2) is 48.1 Å². The molecule has 22 heavy (non-hydrogen) atoms. The molecule has 2 aliphatic rings. The third-order valence-corrected chi connectivity index (χ3v) is 5.11. The SMILES string of the molecule is Cc1ccc(C(N(C)SN2CC3(COC3)C2)C(F)(F)F)cc1. The highest BCUT2D eigenvalue weighted by Crippen LogP contribution is 2.45. The van der Waals surface area contributed by atoms with Crippen LogP contribution in [0.3, 0.4) is 0 Å². The molecule has 0 aliphatic carbocycles. The lowest BCUT2D eigenvalue weighted by Gasteiger charge is -2.55. The standard InChI is InChI=1S/C15H19F3N2OS/c1-11-3-5-12(6-4-11)13(15(16,17)18)19(2)22-20-7-14(8-20)9-21-10-14/h3-6,13H,7-10H2,1-2H3. The van der Waals surface area contributed by atoms with E-state index < -0.39 is 12.2 Å². The first kappa shape index (κ1) is 16.1. The molecule has 3 rings (SSSR count). The Labute approximate surface area is 132 Å². The molecule has 1 spiro atoms. The summed E-state index contributed by atoms with van der Waals surface area (Å²) in [5, 5.41) is 0. The van der Waals surface area contributed by atoms with Gasteiger partial charge >= 0.3 is 6.18 Å². The summed E-state index contributed by atoms with van der Waals surface area (Å²) in [4.78, 5) is 0. The first-order valence-corrected chi connectivity index (χ1v) is 7.89. The van der Waals surface area contributed by atoms with Gasteiger partial charge in [-0.3, -0.25) is 0 Å². The Hall–Kier alpha value is -0.760. The zero-order valence-electron chi connectivity index (χ0n) is 12.6. The first-order chi connectivity index (χ1) is 10.3. The van der Waals surface area contributed by atoms with Crippen LogP contribution in [0.2, 0.25) is 0 Å². The van der Waals surface area contributed by atoms with Crippen molar-refractivity contribution in [2.45, 2.75) is 19.1 Å². The topological polar surface area (TPSA) is 15.7 Å². The van der Waals surface area contributed by atoms with Crippen molar-refractivity contribution in [3.05, 3.63) is 35.4 Å². The van der Waals surface area contributed by atoms with Gasteiger partial charge in [0.15, 0.2) is 0 Å². The van der Waals surface area contributed by atoms with Crippen molar-refractivity contribution in [2.75, 3.05) is 33.4 Å². The molecular formula is C15H19F3N2OS. The minimum Gasteiger partial charge on any atom is -0.380 e. The van der Waals surface area contributed by atoms with Crippen molar-refractivity contribution < 1.29 is 17.9 Å². The number of hydrogen-bond donors (Lipinski definition) is 0. The number of nitrogens with zero attached hydrogens (tertiary/aromatic N) is 2. The lowest BCUT2D eigenvalue weighted by Crippen LogP contribution is -2.64. The van der Waals surface area contributed by atoms with Crippen LogP contribution in [0.4, 0.5) is 13.2 Å². The Morgan fingerprint density at radius 2 is 1.82 bits per heavy atom. The van der Waals surface area contributed by atoms with Crippen molar-refractivity contribution >= 4 is 12.1 Å². The maximum atomic E-state index is 13.5. The zero-order chi connectivity index (χ0) is 16.0. The smallest absolute Gasteiger partial charge is 0.380 e. The lowest BCUT2D eigenvalue weighted by molar-refractivity contribution is -0.175. The highest BCUT2D eigenvalue weighted by molar-refractivity contribution is 7.94. The van der Waals surface area contributed by atoms with E-state index in [2.05, 4.69) is 0 Å². The second kappa shape index (κ2) is 5.70. The van der Waals surface area contributed by atoms with Crippen LogP contribution >= 0.6 is 12.1 Å². The zero-order valence-corrected chi connectivity index (χ0v) is 13.4. The molecule has 2 aliphatic heterocycles. The van der Waals surface area contributed by atoms with Crippen molar-refractivity contribution in [1.29, 1.82) is 0 Å². The predicted molar refractivity (Wildman–Crippen MR) is 80.2 cm³/mol. The van der Waals surface area contributed by atoms with Crippen LogP contribution in [0.1, 0.15) is 17.2 Å². The molecule has 2 fully saturated rings. The Bertz CT molecular complexity index is 523. The van der Waals surface area contributed by atoms with E-state index in [4.69, 9.17) is 4.74 Å². The predicted octanol–water partition coefficient (Wildman–Crippen LogP) is 3.43. The summed E-state index contributed by atoms with van der Waals surface area (Å²) >= 11 is 1.16. The molecule has 0 saturated carbocycles. The average molecular weight is 332 g/mol. The van der Waals surface area contributed by atoms with Crippen LogP contribution in [0, 0.1) is 12.3 Å². The van der Waals surface area contributed by atoms with E-state index in [9.17, 15) is 13.2 Å². The molecule has 0 radical (unpaired) electrons. The van der Waals surface area contributed by atoms with Crippen LogP contribution < -0.4 is 0 Å². The average Bonchev–Trinajstić information content (AvgIpc) is 2.32. The summed E-state index contributed by atoms with van der Waals surface area (Å²) < 4.78 is 48.9. The van der Waals surface area contributed by atoms with E-state index in [1.807, 2.05) is 11.2 Å². The monoisotopic (exact) mass is 332 g/mol. The summed E-state index contributed by atoms with van der Waals surface area (Å²) in [6, 6.07) is 4.95. The summed E-state index contributed by atoms with van der Waals surface area (Å²) in [7, 11) is 1.50.